The Labute approximate surface area is 148 Å². The standard InChI is InChI=1S/C17H21F3N2O4/c18-17(19,20)13-3-5-14(6-4-13)26-9-7-21-15(23)11-22-8-1-2-12(10-22)16(24)25/h3-6,12H,1-2,7-11H2,(H,21,23)(H,24,25). The first kappa shape index (κ1) is 20.0. The molecule has 2 N–H and O–H groups in total. The van der Waals surface area contributed by atoms with E-state index in [2.05, 4.69) is 5.32 Å². The number of aliphatic carboxylic acids is 1. The van der Waals surface area contributed by atoms with E-state index in [0.29, 0.717) is 19.5 Å². The minimum Gasteiger partial charge on any atom is -0.492 e. The Bertz CT molecular complexity index is 619. The average molecular weight is 374 g/mol. The number of halogens is 3. The van der Waals surface area contributed by atoms with Crippen LogP contribution in [0, 0.1) is 5.92 Å². The van der Waals surface area contributed by atoms with E-state index in [-0.39, 0.29) is 31.4 Å². The van der Waals surface area contributed by atoms with E-state index >= 15 is 0 Å². The summed E-state index contributed by atoms with van der Waals surface area (Å²) in [6.45, 7) is 1.47. The number of alkyl halides is 3. The van der Waals surface area contributed by atoms with Gasteiger partial charge in [-0.3, -0.25) is 14.5 Å². The third-order valence-electron chi connectivity index (χ3n) is 4.10. The number of carboxylic acid groups (broad SMARTS) is 1. The summed E-state index contributed by atoms with van der Waals surface area (Å²) in [6.07, 6.45) is -3.03. The van der Waals surface area contributed by atoms with E-state index in [1.54, 1.807) is 4.90 Å². The number of carboxylic acids is 1. The van der Waals surface area contributed by atoms with Crippen LogP contribution in [0.2, 0.25) is 0 Å². The SMILES string of the molecule is O=C(CN1CCCC(C(=O)O)C1)NCCOc1ccc(C(F)(F)F)cc1. The highest BCUT2D eigenvalue weighted by Gasteiger charge is 2.30. The molecule has 1 aromatic carbocycles. The molecule has 0 spiro atoms. The van der Waals surface area contributed by atoms with Crippen LogP contribution >= 0.6 is 0 Å². The Kier molecular flexibility index (Phi) is 6.84. The number of likely N-dealkylation sites (tertiary alicyclic amines) is 1. The van der Waals surface area contributed by atoms with Crippen molar-refractivity contribution in [3.8, 4) is 5.75 Å². The van der Waals surface area contributed by atoms with Gasteiger partial charge in [-0.15, -0.1) is 0 Å². The second kappa shape index (κ2) is 8.88. The largest absolute Gasteiger partial charge is 0.492 e. The van der Waals surface area contributed by atoms with Gasteiger partial charge in [0.05, 0.1) is 24.6 Å². The molecule has 0 saturated carbocycles. The molecule has 1 saturated heterocycles. The van der Waals surface area contributed by atoms with Gasteiger partial charge >= 0.3 is 12.1 Å². The van der Waals surface area contributed by atoms with E-state index in [1.807, 2.05) is 0 Å². The van der Waals surface area contributed by atoms with Gasteiger partial charge in [0.1, 0.15) is 12.4 Å². The van der Waals surface area contributed by atoms with Crippen LogP contribution < -0.4 is 10.1 Å². The van der Waals surface area contributed by atoms with Gasteiger partial charge in [0.25, 0.3) is 0 Å². The molecule has 1 aliphatic heterocycles. The van der Waals surface area contributed by atoms with Crippen molar-refractivity contribution in [3.63, 3.8) is 0 Å². The van der Waals surface area contributed by atoms with Crippen molar-refractivity contribution in [2.24, 2.45) is 5.92 Å². The van der Waals surface area contributed by atoms with Crippen molar-refractivity contribution in [3.05, 3.63) is 29.8 Å². The Hall–Kier alpha value is -2.29. The summed E-state index contributed by atoms with van der Waals surface area (Å²) in [5.41, 5.74) is -0.751. The average Bonchev–Trinajstić information content (AvgIpc) is 2.58. The van der Waals surface area contributed by atoms with Gasteiger partial charge in [-0.25, -0.2) is 0 Å². The Morgan fingerprint density at radius 2 is 1.96 bits per heavy atom. The molecule has 144 valence electrons. The fourth-order valence-corrected chi connectivity index (χ4v) is 2.76. The van der Waals surface area contributed by atoms with Crippen LogP contribution in [0.3, 0.4) is 0 Å². The normalized spacial score (nSPS) is 18.3. The highest BCUT2D eigenvalue weighted by Crippen LogP contribution is 2.30. The lowest BCUT2D eigenvalue weighted by atomic mass is 9.98. The summed E-state index contributed by atoms with van der Waals surface area (Å²) in [6, 6.07) is 4.32. The van der Waals surface area contributed by atoms with E-state index < -0.39 is 23.6 Å². The lowest BCUT2D eigenvalue weighted by Crippen LogP contribution is -2.44. The quantitative estimate of drug-likeness (QED) is 0.714. The van der Waals surface area contributed by atoms with Crippen LogP contribution in [0.25, 0.3) is 0 Å². The van der Waals surface area contributed by atoms with Crippen molar-refractivity contribution in [2.75, 3.05) is 32.8 Å². The number of carbonyl (C=O) groups excluding carboxylic acids is 1. The van der Waals surface area contributed by atoms with Gasteiger partial charge in [0.2, 0.25) is 5.91 Å². The van der Waals surface area contributed by atoms with Crippen LogP contribution in [0.4, 0.5) is 13.2 Å². The summed E-state index contributed by atoms with van der Waals surface area (Å²) in [5, 5.41) is 11.7. The first-order chi connectivity index (χ1) is 12.3. The molecule has 0 aromatic heterocycles. The van der Waals surface area contributed by atoms with Crippen LogP contribution in [0.1, 0.15) is 18.4 Å². The van der Waals surface area contributed by atoms with E-state index in [0.717, 1.165) is 18.6 Å². The molecular weight excluding hydrogens is 353 g/mol. The topological polar surface area (TPSA) is 78.9 Å². The number of rotatable bonds is 7. The summed E-state index contributed by atoms with van der Waals surface area (Å²) in [4.78, 5) is 24.7. The zero-order valence-corrected chi connectivity index (χ0v) is 14.1. The van der Waals surface area contributed by atoms with Crippen molar-refractivity contribution < 1.29 is 32.6 Å². The smallest absolute Gasteiger partial charge is 0.416 e. The van der Waals surface area contributed by atoms with Crippen LogP contribution in [-0.4, -0.2) is 54.7 Å². The summed E-state index contributed by atoms with van der Waals surface area (Å²) >= 11 is 0. The Balaban J connectivity index is 1.66. The zero-order chi connectivity index (χ0) is 19.2. The van der Waals surface area contributed by atoms with Crippen LogP contribution in [0.15, 0.2) is 24.3 Å². The molecule has 1 aromatic rings. The Morgan fingerprint density at radius 1 is 1.27 bits per heavy atom. The first-order valence-corrected chi connectivity index (χ1v) is 8.27. The molecule has 1 heterocycles. The predicted molar refractivity (Wildman–Crippen MR) is 86.7 cm³/mol. The molecule has 9 heteroatoms. The third-order valence-corrected chi connectivity index (χ3v) is 4.10. The number of hydrogen-bond donors (Lipinski definition) is 2. The second-order valence-electron chi connectivity index (χ2n) is 6.13. The maximum absolute atomic E-state index is 12.5. The highest BCUT2D eigenvalue weighted by atomic mass is 19.4. The van der Waals surface area contributed by atoms with Gasteiger partial charge < -0.3 is 15.2 Å². The molecule has 26 heavy (non-hydrogen) atoms. The summed E-state index contributed by atoms with van der Waals surface area (Å²) in [5.74, 6) is -1.25. The van der Waals surface area contributed by atoms with Crippen LogP contribution in [-0.2, 0) is 15.8 Å². The molecule has 2 rings (SSSR count). The second-order valence-corrected chi connectivity index (χ2v) is 6.13. The van der Waals surface area contributed by atoms with Gasteiger partial charge in [-0.05, 0) is 43.7 Å². The molecule has 1 atom stereocenters. The number of nitrogens with one attached hydrogen (secondary N) is 1. The Morgan fingerprint density at radius 3 is 2.58 bits per heavy atom. The lowest BCUT2D eigenvalue weighted by Gasteiger charge is -2.29. The van der Waals surface area contributed by atoms with Gasteiger partial charge in [0, 0.05) is 6.54 Å². The fraction of sp³-hybridized carbons (Fsp3) is 0.529. The van der Waals surface area contributed by atoms with Crippen molar-refractivity contribution in [2.45, 2.75) is 19.0 Å². The first-order valence-electron chi connectivity index (χ1n) is 8.27. The third kappa shape index (κ3) is 6.21. The van der Waals surface area contributed by atoms with Gasteiger partial charge in [-0.1, -0.05) is 0 Å². The number of hydrogen-bond acceptors (Lipinski definition) is 4. The van der Waals surface area contributed by atoms with Gasteiger partial charge in [-0.2, -0.15) is 13.2 Å². The number of amides is 1. The highest BCUT2D eigenvalue weighted by molar-refractivity contribution is 5.78. The maximum atomic E-state index is 12.5. The number of nitrogens with zero attached hydrogens (tertiary/aromatic N) is 1. The van der Waals surface area contributed by atoms with E-state index in [1.165, 1.54) is 12.1 Å². The minimum atomic E-state index is -4.39. The maximum Gasteiger partial charge on any atom is 0.416 e. The molecule has 0 radical (unpaired) electrons. The number of benzene rings is 1. The summed E-state index contributed by atoms with van der Waals surface area (Å²) < 4.78 is 42.6. The van der Waals surface area contributed by atoms with Gasteiger partial charge in [0.15, 0.2) is 0 Å². The molecule has 1 fully saturated rings. The monoisotopic (exact) mass is 374 g/mol. The van der Waals surface area contributed by atoms with E-state index in [4.69, 9.17) is 9.84 Å². The molecule has 1 aliphatic rings. The summed E-state index contributed by atoms with van der Waals surface area (Å²) in [7, 11) is 0. The minimum absolute atomic E-state index is 0.115. The van der Waals surface area contributed by atoms with Crippen molar-refractivity contribution in [1.82, 2.24) is 10.2 Å². The van der Waals surface area contributed by atoms with E-state index in [9.17, 15) is 22.8 Å². The fourth-order valence-electron chi connectivity index (χ4n) is 2.76. The zero-order valence-electron chi connectivity index (χ0n) is 14.1. The molecule has 1 amide bonds. The molecule has 0 aliphatic carbocycles. The molecule has 1 unspecified atom stereocenters. The molecule has 0 bridgehead atoms. The number of ether oxygens (including phenoxy) is 1. The molecular formula is C17H21F3N2O4. The molecule has 6 nitrogen and oxygen atoms in total. The number of carbonyl (C=O) groups is 2. The number of piperidine rings is 1. The lowest BCUT2D eigenvalue weighted by molar-refractivity contribution is -0.144. The van der Waals surface area contributed by atoms with Crippen molar-refractivity contribution in [1.29, 1.82) is 0 Å². The predicted octanol–water partition coefficient (Wildman–Crippen LogP) is 2.00. The van der Waals surface area contributed by atoms with Crippen LogP contribution in [0.5, 0.6) is 5.75 Å². The van der Waals surface area contributed by atoms with Crippen molar-refractivity contribution >= 4 is 11.9 Å².